The number of rotatable bonds is 3. The SMILES string of the molecule is O=CC(Br)/C=N/c1nccs1. The second kappa shape index (κ2) is 4.35. The van der Waals surface area contributed by atoms with E-state index in [1.807, 2.05) is 5.38 Å². The van der Waals surface area contributed by atoms with Crippen LogP contribution in [0.2, 0.25) is 0 Å². The molecule has 0 radical (unpaired) electrons. The summed E-state index contributed by atoms with van der Waals surface area (Å²) in [4.78, 5) is 17.6. The number of aldehydes is 1. The molecule has 1 heterocycles. The van der Waals surface area contributed by atoms with Crippen LogP contribution in [0.1, 0.15) is 0 Å². The molecular formula is C6H5BrN2OS. The first-order chi connectivity index (χ1) is 5.33. The molecule has 0 saturated heterocycles. The van der Waals surface area contributed by atoms with E-state index < -0.39 is 0 Å². The third-order valence-corrected chi connectivity index (χ3v) is 2.01. The fourth-order valence-electron chi connectivity index (χ4n) is 0.450. The molecule has 0 aliphatic carbocycles. The molecule has 5 heteroatoms. The number of thiazole rings is 1. The number of carbonyl (C=O) groups excluding carboxylic acids is 1. The molecule has 1 atom stereocenters. The molecule has 0 amide bonds. The second-order valence-electron chi connectivity index (χ2n) is 1.67. The molecule has 1 aromatic heterocycles. The van der Waals surface area contributed by atoms with E-state index in [9.17, 15) is 4.79 Å². The minimum Gasteiger partial charge on any atom is -0.302 e. The van der Waals surface area contributed by atoms with Gasteiger partial charge in [0.25, 0.3) is 0 Å². The summed E-state index contributed by atoms with van der Waals surface area (Å²) in [5.74, 6) is 0. The lowest BCUT2D eigenvalue weighted by molar-refractivity contribution is -0.106. The van der Waals surface area contributed by atoms with Gasteiger partial charge in [0.15, 0.2) is 0 Å². The molecule has 0 fully saturated rings. The van der Waals surface area contributed by atoms with Crippen LogP contribution in [-0.4, -0.2) is 22.3 Å². The van der Waals surface area contributed by atoms with E-state index in [2.05, 4.69) is 25.9 Å². The minimum atomic E-state index is -0.314. The molecular weight excluding hydrogens is 228 g/mol. The first-order valence-electron chi connectivity index (χ1n) is 2.86. The molecule has 1 rings (SSSR count). The zero-order chi connectivity index (χ0) is 8.10. The quantitative estimate of drug-likeness (QED) is 0.454. The average molecular weight is 233 g/mol. The predicted molar refractivity (Wildman–Crippen MR) is 49.0 cm³/mol. The van der Waals surface area contributed by atoms with Crippen LogP contribution in [0.15, 0.2) is 16.6 Å². The van der Waals surface area contributed by atoms with Crippen molar-refractivity contribution in [3.05, 3.63) is 11.6 Å². The van der Waals surface area contributed by atoms with Gasteiger partial charge in [0.2, 0.25) is 5.13 Å². The van der Waals surface area contributed by atoms with E-state index in [0.717, 1.165) is 6.29 Å². The maximum atomic E-state index is 10.1. The Bertz CT molecular complexity index is 247. The molecule has 3 nitrogen and oxygen atoms in total. The number of aliphatic imine (C=N–C) groups is 1. The summed E-state index contributed by atoms with van der Waals surface area (Å²) >= 11 is 4.51. The van der Waals surface area contributed by atoms with Crippen molar-refractivity contribution in [2.45, 2.75) is 4.83 Å². The Morgan fingerprint density at radius 2 is 2.64 bits per heavy atom. The predicted octanol–water partition coefficient (Wildman–Crippen LogP) is 1.81. The van der Waals surface area contributed by atoms with E-state index in [0.29, 0.717) is 5.13 Å². The van der Waals surface area contributed by atoms with Crippen LogP contribution < -0.4 is 0 Å². The highest BCUT2D eigenvalue weighted by Crippen LogP contribution is 2.13. The van der Waals surface area contributed by atoms with Crippen LogP contribution >= 0.6 is 27.3 Å². The van der Waals surface area contributed by atoms with Crippen LogP contribution in [0.3, 0.4) is 0 Å². The summed E-state index contributed by atoms with van der Waals surface area (Å²) in [7, 11) is 0. The third kappa shape index (κ3) is 2.90. The van der Waals surface area contributed by atoms with Crippen LogP contribution in [0.5, 0.6) is 0 Å². The summed E-state index contributed by atoms with van der Waals surface area (Å²) in [5.41, 5.74) is 0. The van der Waals surface area contributed by atoms with E-state index in [1.165, 1.54) is 17.6 Å². The Kier molecular flexibility index (Phi) is 3.38. The highest BCUT2D eigenvalue weighted by atomic mass is 79.9. The number of alkyl halides is 1. The van der Waals surface area contributed by atoms with Crippen LogP contribution in [-0.2, 0) is 4.79 Å². The van der Waals surface area contributed by atoms with Crippen molar-refractivity contribution in [1.29, 1.82) is 0 Å². The molecule has 0 bridgehead atoms. The highest BCUT2D eigenvalue weighted by Gasteiger charge is 1.95. The Hall–Kier alpha value is -0.550. The third-order valence-electron chi connectivity index (χ3n) is 0.877. The van der Waals surface area contributed by atoms with Crippen molar-refractivity contribution in [3.63, 3.8) is 0 Å². The Morgan fingerprint density at radius 3 is 3.18 bits per heavy atom. The van der Waals surface area contributed by atoms with E-state index >= 15 is 0 Å². The molecule has 0 aliphatic heterocycles. The van der Waals surface area contributed by atoms with Gasteiger partial charge in [-0.2, -0.15) is 0 Å². The van der Waals surface area contributed by atoms with Crippen molar-refractivity contribution in [3.8, 4) is 0 Å². The minimum absolute atomic E-state index is 0.314. The van der Waals surface area contributed by atoms with Crippen LogP contribution in [0, 0.1) is 0 Å². The van der Waals surface area contributed by atoms with Gasteiger partial charge >= 0.3 is 0 Å². The molecule has 0 aromatic carbocycles. The standard InChI is InChI=1S/C6H5BrN2OS/c7-5(4-10)3-9-6-8-1-2-11-6/h1-5H/b9-3+. The summed E-state index contributed by atoms with van der Waals surface area (Å²) in [6.45, 7) is 0. The largest absolute Gasteiger partial charge is 0.302 e. The zero-order valence-corrected chi connectivity index (χ0v) is 7.88. The second-order valence-corrected chi connectivity index (χ2v) is 3.60. The van der Waals surface area contributed by atoms with Crippen molar-refractivity contribution >= 4 is 44.9 Å². The van der Waals surface area contributed by atoms with Gasteiger partial charge in [0.05, 0.1) is 0 Å². The molecule has 11 heavy (non-hydrogen) atoms. The van der Waals surface area contributed by atoms with Gasteiger partial charge in [0, 0.05) is 17.8 Å². The molecule has 1 aromatic rings. The number of hydrogen-bond donors (Lipinski definition) is 0. The fourth-order valence-corrected chi connectivity index (χ4v) is 1.05. The normalized spacial score (nSPS) is 13.5. The van der Waals surface area contributed by atoms with Crippen molar-refractivity contribution in [2.24, 2.45) is 4.99 Å². The number of nitrogens with zero attached hydrogens (tertiary/aromatic N) is 2. The Balaban J connectivity index is 2.55. The van der Waals surface area contributed by atoms with Crippen molar-refractivity contribution in [1.82, 2.24) is 4.98 Å². The van der Waals surface area contributed by atoms with Gasteiger partial charge < -0.3 is 4.79 Å². The molecule has 1 unspecified atom stereocenters. The highest BCUT2D eigenvalue weighted by molar-refractivity contribution is 9.10. The topological polar surface area (TPSA) is 42.3 Å². The first kappa shape index (κ1) is 8.55. The van der Waals surface area contributed by atoms with Gasteiger partial charge in [-0.3, -0.25) is 0 Å². The first-order valence-corrected chi connectivity index (χ1v) is 4.65. The maximum absolute atomic E-state index is 10.1. The van der Waals surface area contributed by atoms with E-state index in [-0.39, 0.29) is 4.83 Å². The van der Waals surface area contributed by atoms with Gasteiger partial charge in [-0.25, -0.2) is 9.98 Å². The van der Waals surface area contributed by atoms with E-state index in [1.54, 1.807) is 6.20 Å². The van der Waals surface area contributed by atoms with Crippen LogP contribution in [0.4, 0.5) is 5.13 Å². The van der Waals surface area contributed by atoms with Crippen molar-refractivity contribution in [2.75, 3.05) is 0 Å². The zero-order valence-electron chi connectivity index (χ0n) is 5.48. The lowest BCUT2D eigenvalue weighted by Gasteiger charge is -1.86. The van der Waals surface area contributed by atoms with Gasteiger partial charge in [-0.15, -0.1) is 11.3 Å². The number of hydrogen-bond acceptors (Lipinski definition) is 4. The summed E-state index contributed by atoms with van der Waals surface area (Å²) in [6, 6.07) is 0. The average Bonchev–Trinajstić information content (AvgIpc) is 2.52. The molecule has 0 N–H and O–H groups in total. The van der Waals surface area contributed by atoms with Crippen LogP contribution in [0.25, 0.3) is 0 Å². The monoisotopic (exact) mass is 232 g/mol. The fraction of sp³-hybridized carbons (Fsp3) is 0.167. The maximum Gasteiger partial charge on any atom is 0.208 e. The number of carbonyl (C=O) groups is 1. The summed E-state index contributed by atoms with van der Waals surface area (Å²) in [5, 5.41) is 2.49. The van der Waals surface area contributed by atoms with Gasteiger partial charge in [-0.1, -0.05) is 15.9 Å². The summed E-state index contributed by atoms with van der Waals surface area (Å²) < 4.78 is 0. The summed E-state index contributed by atoms with van der Waals surface area (Å²) in [6.07, 6.45) is 3.93. The van der Waals surface area contributed by atoms with Crippen molar-refractivity contribution < 1.29 is 4.79 Å². The number of halogens is 1. The smallest absolute Gasteiger partial charge is 0.208 e. The van der Waals surface area contributed by atoms with Gasteiger partial charge in [0.1, 0.15) is 11.1 Å². The number of aromatic nitrogens is 1. The van der Waals surface area contributed by atoms with E-state index in [4.69, 9.17) is 0 Å². The molecule has 58 valence electrons. The Morgan fingerprint density at radius 1 is 1.82 bits per heavy atom. The lowest BCUT2D eigenvalue weighted by atomic mass is 10.5. The van der Waals surface area contributed by atoms with Gasteiger partial charge in [-0.05, 0) is 0 Å². The molecule has 0 spiro atoms. The molecule has 0 aliphatic rings. The molecule has 0 saturated carbocycles. The lowest BCUT2D eigenvalue weighted by Crippen LogP contribution is -1.98. The Labute approximate surface area is 76.3 Å².